The molecule has 0 bridgehead atoms. The first-order valence-electron chi connectivity index (χ1n) is 6.99. The maximum atomic E-state index is 4.49. The van der Waals surface area contributed by atoms with Crippen LogP contribution in [0.15, 0.2) is 6.07 Å². The Morgan fingerprint density at radius 3 is 2.50 bits per heavy atom. The third-order valence-electron chi connectivity index (χ3n) is 3.58. The lowest BCUT2D eigenvalue weighted by Crippen LogP contribution is -2.37. The number of aromatic nitrogens is 2. The smallest absolute Gasteiger partial charge is 0.132 e. The van der Waals surface area contributed by atoms with E-state index in [0.29, 0.717) is 0 Å². The number of hydrogen-bond acceptors (Lipinski definition) is 4. The molecule has 1 heterocycles. The summed E-state index contributed by atoms with van der Waals surface area (Å²) in [4.78, 5) is 8.87. The fourth-order valence-electron chi connectivity index (χ4n) is 2.67. The molecule has 0 amide bonds. The first-order chi connectivity index (χ1) is 8.61. The molecule has 2 rings (SSSR count). The first kappa shape index (κ1) is 13.1. The molecule has 1 aromatic heterocycles. The van der Waals surface area contributed by atoms with Gasteiger partial charge in [-0.3, -0.25) is 0 Å². The van der Waals surface area contributed by atoms with Gasteiger partial charge in [-0.25, -0.2) is 9.97 Å². The van der Waals surface area contributed by atoms with Crippen molar-refractivity contribution in [2.75, 3.05) is 17.2 Å². The van der Waals surface area contributed by atoms with Gasteiger partial charge in [0.05, 0.1) is 0 Å². The zero-order chi connectivity index (χ0) is 13.0. The molecular weight excluding hydrogens is 224 g/mol. The maximum Gasteiger partial charge on any atom is 0.132 e. The molecule has 4 heteroatoms. The number of aryl methyl sites for hydroxylation is 1. The van der Waals surface area contributed by atoms with Crippen LogP contribution in [-0.2, 0) is 0 Å². The minimum Gasteiger partial charge on any atom is -0.370 e. The van der Waals surface area contributed by atoms with E-state index in [1.165, 1.54) is 32.1 Å². The second-order valence-corrected chi connectivity index (χ2v) is 5.46. The Bertz CT molecular complexity index is 397. The van der Waals surface area contributed by atoms with Crippen molar-refractivity contribution in [2.24, 2.45) is 0 Å². The number of nitrogens with zero attached hydrogens (tertiary/aromatic N) is 2. The van der Waals surface area contributed by atoms with Crippen molar-refractivity contribution >= 4 is 11.6 Å². The van der Waals surface area contributed by atoms with Crippen molar-refractivity contribution in [3.63, 3.8) is 0 Å². The molecule has 1 aliphatic carbocycles. The Balaban J connectivity index is 2.12. The Kier molecular flexibility index (Phi) is 4.04. The van der Waals surface area contributed by atoms with E-state index in [0.717, 1.165) is 24.0 Å². The molecule has 2 N–H and O–H groups in total. The summed E-state index contributed by atoms with van der Waals surface area (Å²) < 4.78 is 0. The largest absolute Gasteiger partial charge is 0.370 e. The number of nitrogens with one attached hydrogen (secondary N) is 2. The van der Waals surface area contributed by atoms with Crippen LogP contribution in [0.25, 0.3) is 0 Å². The molecule has 1 aliphatic rings. The molecule has 1 fully saturated rings. The van der Waals surface area contributed by atoms with Crippen LogP contribution in [0.1, 0.15) is 51.8 Å². The second kappa shape index (κ2) is 5.55. The van der Waals surface area contributed by atoms with Gasteiger partial charge in [0.1, 0.15) is 17.5 Å². The molecule has 1 aromatic rings. The molecule has 0 atom stereocenters. The van der Waals surface area contributed by atoms with Gasteiger partial charge in [-0.2, -0.15) is 0 Å². The maximum absolute atomic E-state index is 4.49. The van der Waals surface area contributed by atoms with E-state index < -0.39 is 0 Å². The third-order valence-corrected chi connectivity index (χ3v) is 3.58. The normalized spacial score (nSPS) is 18.4. The first-order valence-corrected chi connectivity index (χ1v) is 6.99. The molecule has 0 radical (unpaired) electrons. The predicted octanol–water partition coefficient (Wildman–Crippen LogP) is 3.35. The highest BCUT2D eigenvalue weighted by Crippen LogP contribution is 2.31. The lowest BCUT2D eigenvalue weighted by atomic mass is 9.83. The molecule has 0 saturated heterocycles. The van der Waals surface area contributed by atoms with Crippen LogP contribution in [-0.4, -0.2) is 22.1 Å². The van der Waals surface area contributed by atoms with Gasteiger partial charge in [0.25, 0.3) is 0 Å². The van der Waals surface area contributed by atoms with Gasteiger partial charge in [0.15, 0.2) is 0 Å². The zero-order valence-electron chi connectivity index (χ0n) is 11.7. The lowest BCUT2D eigenvalue weighted by molar-refractivity contribution is 0.348. The van der Waals surface area contributed by atoms with Crippen molar-refractivity contribution in [1.82, 2.24) is 9.97 Å². The van der Waals surface area contributed by atoms with Gasteiger partial charge < -0.3 is 10.6 Å². The Morgan fingerprint density at radius 2 is 1.83 bits per heavy atom. The van der Waals surface area contributed by atoms with Crippen molar-refractivity contribution in [1.29, 1.82) is 0 Å². The standard InChI is InChI=1S/C14H24N4/c1-4-15-12-10-13(17-11(2)16-12)18-14(3)8-6-5-7-9-14/h10H,4-9H2,1-3H3,(H2,15,16,17,18). The number of hydrogen-bond donors (Lipinski definition) is 2. The third kappa shape index (κ3) is 3.34. The molecule has 4 nitrogen and oxygen atoms in total. The van der Waals surface area contributed by atoms with Crippen molar-refractivity contribution in [3.8, 4) is 0 Å². The number of rotatable bonds is 4. The summed E-state index contributed by atoms with van der Waals surface area (Å²) in [6.45, 7) is 7.20. The minimum absolute atomic E-state index is 0.197. The van der Waals surface area contributed by atoms with Crippen LogP contribution in [0, 0.1) is 6.92 Å². The summed E-state index contributed by atoms with van der Waals surface area (Å²) in [5.41, 5.74) is 0.197. The van der Waals surface area contributed by atoms with E-state index >= 15 is 0 Å². The van der Waals surface area contributed by atoms with Gasteiger partial charge in [-0.1, -0.05) is 19.3 Å². The molecule has 18 heavy (non-hydrogen) atoms. The van der Waals surface area contributed by atoms with E-state index in [4.69, 9.17) is 0 Å². The fraction of sp³-hybridized carbons (Fsp3) is 0.714. The molecule has 0 spiro atoms. The summed E-state index contributed by atoms with van der Waals surface area (Å²) in [6.07, 6.45) is 6.45. The van der Waals surface area contributed by atoms with Gasteiger partial charge in [-0.05, 0) is 33.6 Å². The average Bonchev–Trinajstić information content (AvgIpc) is 2.28. The Hall–Kier alpha value is -1.32. The zero-order valence-corrected chi connectivity index (χ0v) is 11.7. The SMILES string of the molecule is CCNc1cc(NC2(C)CCCCC2)nc(C)n1. The van der Waals surface area contributed by atoms with Crippen molar-refractivity contribution in [2.45, 2.75) is 58.4 Å². The quantitative estimate of drug-likeness (QED) is 0.858. The van der Waals surface area contributed by atoms with E-state index in [-0.39, 0.29) is 5.54 Å². The second-order valence-electron chi connectivity index (χ2n) is 5.46. The molecule has 0 aliphatic heterocycles. The Labute approximate surface area is 110 Å². The summed E-state index contributed by atoms with van der Waals surface area (Å²) in [5.74, 6) is 2.67. The average molecular weight is 248 g/mol. The van der Waals surface area contributed by atoms with E-state index in [1.54, 1.807) is 0 Å². The lowest BCUT2D eigenvalue weighted by Gasteiger charge is -2.35. The molecule has 0 aromatic carbocycles. The topological polar surface area (TPSA) is 49.8 Å². The fourth-order valence-corrected chi connectivity index (χ4v) is 2.67. The van der Waals surface area contributed by atoms with Crippen molar-refractivity contribution < 1.29 is 0 Å². The highest BCUT2D eigenvalue weighted by atomic mass is 15.1. The van der Waals surface area contributed by atoms with Crippen LogP contribution in [0.4, 0.5) is 11.6 Å². The highest BCUT2D eigenvalue weighted by molar-refractivity contribution is 5.48. The molecule has 100 valence electrons. The highest BCUT2D eigenvalue weighted by Gasteiger charge is 2.26. The van der Waals surface area contributed by atoms with Crippen LogP contribution >= 0.6 is 0 Å². The summed E-state index contributed by atoms with van der Waals surface area (Å²) >= 11 is 0. The Morgan fingerprint density at radius 1 is 1.17 bits per heavy atom. The molecular formula is C14H24N4. The summed E-state index contributed by atoms with van der Waals surface area (Å²) in [7, 11) is 0. The van der Waals surface area contributed by atoms with E-state index in [1.807, 2.05) is 13.0 Å². The molecule has 1 saturated carbocycles. The monoisotopic (exact) mass is 248 g/mol. The van der Waals surface area contributed by atoms with Gasteiger partial charge >= 0.3 is 0 Å². The number of anilines is 2. The predicted molar refractivity (Wildman–Crippen MR) is 76.0 cm³/mol. The summed E-state index contributed by atoms with van der Waals surface area (Å²) in [6, 6.07) is 2.01. The van der Waals surface area contributed by atoms with E-state index in [2.05, 4.69) is 34.4 Å². The van der Waals surface area contributed by atoms with E-state index in [9.17, 15) is 0 Å². The van der Waals surface area contributed by atoms with Crippen LogP contribution < -0.4 is 10.6 Å². The minimum atomic E-state index is 0.197. The van der Waals surface area contributed by atoms with Crippen LogP contribution in [0.5, 0.6) is 0 Å². The summed E-state index contributed by atoms with van der Waals surface area (Å²) in [5, 5.41) is 6.85. The molecule has 0 unspecified atom stereocenters. The van der Waals surface area contributed by atoms with Gasteiger partial charge in [-0.15, -0.1) is 0 Å². The van der Waals surface area contributed by atoms with Crippen molar-refractivity contribution in [3.05, 3.63) is 11.9 Å². The van der Waals surface area contributed by atoms with Crippen LogP contribution in [0.3, 0.4) is 0 Å². The van der Waals surface area contributed by atoms with Gasteiger partial charge in [0, 0.05) is 18.2 Å². The van der Waals surface area contributed by atoms with Crippen LogP contribution in [0.2, 0.25) is 0 Å². The van der Waals surface area contributed by atoms with Gasteiger partial charge in [0.2, 0.25) is 0 Å².